The molecule has 3 aliphatic carbocycles. The second-order valence-corrected chi connectivity index (χ2v) is 12.1. The lowest BCUT2D eigenvalue weighted by Gasteiger charge is -2.61. The topological polar surface area (TPSA) is 93.4 Å². The molecular weight excluding hydrogens is 491 g/mol. The van der Waals surface area contributed by atoms with Gasteiger partial charge in [0.05, 0.1) is 28.3 Å². The average molecular weight is 521 g/mol. The lowest BCUT2D eigenvalue weighted by Crippen LogP contribution is -2.59. The van der Waals surface area contributed by atoms with Crippen molar-refractivity contribution in [3.8, 4) is 0 Å². The van der Waals surface area contributed by atoms with Gasteiger partial charge in [0, 0.05) is 28.9 Å². The first kappa shape index (κ1) is 24.0. The van der Waals surface area contributed by atoms with Crippen molar-refractivity contribution in [3.05, 3.63) is 64.7 Å². The quantitative estimate of drug-likeness (QED) is 0.294. The summed E-state index contributed by atoms with van der Waals surface area (Å²) in [4.78, 5) is 12.9. The van der Waals surface area contributed by atoms with Crippen molar-refractivity contribution in [1.82, 2.24) is 29.9 Å². The Balaban J connectivity index is 1.39. The number of fused-ring (bicyclic) bond motifs is 1. The van der Waals surface area contributed by atoms with Crippen LogP contribution in [0.15, 0.2) is 36.8 Å². The highest BCUT2D eigenvalue weighted by Gasteiger charge is 2.58. The van der Waals surface area contributed by atoms with Crippen LogP contribution in [-0.2, 0) is 5.54 Å². The van der Waals surface area contributed by atoms with E-state index in [1.807, 2.05) is 23.0 Å². The van der Waals surface area contributed by atoms with Crippen LogP contribution >= 0.6 is 11.6 Å². The Morgan fingerprint density at radius 1 is 1.19 bits per heavy atom. The minimum atomic E-state index is -0.516. The van der Waals surface area contributed by atoms with Crippen LogP contribution in [-0.4, -0.2) is 36.5 Å². The first-order chi connectivity index (χ1) is 17.6. The molecule has 8 nitrogen and oxygen atoms in total. The summed E-state index contributed by atoms with van der Waals surface area (Å²) in [7, 11) is 0. The van der Waals surface area contributed by atoms with Crippen molar-refractivity contribution >= 4 is 34.0 Å². The van der Waals surface area contributed by atoms with Gasteiger partial charge in [-0.05, 0) is 55.7 Å². The molecular formula is C27H30ClFN8. The molecule has 10 heteroatoms. The van der Waals surface area contributed by atoms with E-state index >= 15 is 0 Å². The molecule has 2 N–H and O–H groups in total. The van der Waals surface area contributed by atoms with Gasteiger partial charge in [-0.2, -0.15) is 4.39 Å². The van der Waals surface area contributed by atoms with Gasteiger partial charge in [0.1, 0.15) is 17.8 Å². The van der Waals surface area contributed by atoms with Crippen LogP contribution in [0.4, 0.5) is 15.9 Å². The number of aryl methyl sites for hydroxylation is 1. The standard InChI is InChI=1S/C27H30ClFN8/c1-15-18(5-6-22(29)33-15)24(21-12-37(36-35-21)27-9-16(10-27)11-27)34-17-7-19-23(20(28)8-17)31-14-32-25(19)30-13-26(2,3)4/h5-8,12,14,16,24,34H,9-11,13H2,1-4H3,(H,30,31,32). The van der Waals surface area contributed by atoms with Gasteiger partial charge in [0.2, 0.25) is 5.95 Å². The molecule has 0 saturated heterocycles. The Bertz CT molecular complexity index is 1480. The van der Waals surface area contributed by atoms with E-state index in [0.29, 0.717) is 16.2 Å². The predicted molar refractivity (Wildman–Crippen MR) is 142 cm³/mol. The number of pyridine rings is 1. The zero-order chi connectivity index (χ0) is 25.9. The monoisotopic (exact) mass is 520 g/mol. The maximum absolute atomic E-state index is 13.9. The van der Waals surface area contributed by atoms with E-state index in [9.17, 15) is 4.39 Å². The van der Waals surface area contributed by atoms with Gasteiger partial charge in [0.15, 0.2) is 0 Å². The first-order valence-corrected chi connectivity index (χ1v) is 13.0. The molecule has 0 aliphatic heterocycles. The molecule has 7 rings (SSSR count). The molecule has 3 fully saturated rings. The van der Waals surface area contributed by atoms with Gasteiger partial charge in [-0.3, -0.25) is 0 Å². The molecule has 3 saturated carbocycles. The summed E-state index contributed by atoms with van der Waals surface area (Å²) in [6.07, 6.45) is 7.02. The minimum absolute atomic E-state index is 0.0708. The first-order valence-electron chi connectivity index (χ1n) is 12.6. The lowest BCUT2D eigenvalue weighted by atomic mass is 9.50. The number of rotatable bonds is 7. The van der Waals surface area contributed by atoms with Crippen molar-refractivity contribution in [1.29, 1.82) is 0 Å². The molecule has 1 atom stereocenters. The zero-order valence-corrected chi connectivity index (χ0v) is 22.1. The fourth-order valence-corrected chi connectivity index (χ4v) is 5.64. The third-order valence-electron chi connectivity index (χ3n) is 7.49. The van der Waals surface area contributed by atoms with E-state index in [1.54, 1.807) is 13.0 Å². The molecule has 1 aromatic carbocycles. The molecule has 3 heterocycles. The molecule has 2 bridgehead atoms. The summed E-state index contributed by atoms with van der Waals surface area (Å²) in [6.45, 7) is 9.02. The third-order valence-corrected chi connectivity index (χ3v) is 7.78. The van der Waals surface area contributed by atoms with Crippen LogP contribution in [0, 0.1) is 24.2 Å². The Morgan fingerprint density at radius 2 is 1.97 bits per heavy atom. The van der Waals surface area contributed by atoms with Gasteiger partial charge in [-0.15, -0.1) is 5.10 Å². The molecule has 0 spiro atoms. The largest absolute Gasteiger partial charge is 0.373 e. The molecule has 4 aromatic rings. The molecule has 1 unspecified atom stereocenters. The number of nitrogens with one attached hydrogen (secondary N) is 2. The van der Waals surface area contributed by atoms with Crippen molar-refractivity contribution < 1.29 is 4.39 Å². The van der Waals surface area contributed by atoms with Crippen molar-refractivity contribution in [2.45, 2.75) is 58.5 Å². The van der Waals surface area contributed by atoms with Gasteiger partial charge >= 0.3 is 0 Å². The maximum atomic E-state index is 13.9. The van der Waals surface area contributed by atoms with E-state index in [1.165, 1.54) is 12.4 Å². The van der Waals surface area contributed by atoms with Crippen LogP contribution in [0.2, 0.25) is 5.02 Å². The van der Waals surface area contributed by atoms with Crippen molar-refractivity contribution in [3.63, 3.8) is 0 Å². The Hall–Kier alpha value is -3.33. The molecule has 192 valence electrons. The van der Waals surface area contributed by atoms with Gasteiger partial charge in [-0.1, -0.05) is 43.7 Å². The summed E-state index contributed by atoms with van der Waals surface area (Å²) >= 11 is 6.70. The van der Waals surface area contributed by atoms with E-state index in [4.69, 9.17) is 11.6 Å². The van der Waals surface area contributed by atoms with Crippen LogP contribution in [0.1, 0.15) is 63.0 Å². The smallest absolute Gasteiger partial charge is 0.213 e. The van der Waals surface area contributed by atoms with Crippen molar-refractivity contribution in [2.75, 3.05) is 17.2 Å². The van der Waals surface area contributed by atoms with E-state index in [0.717, 1.165) is 59.9 Å². The van der Waals surface area contributed by atoms with E-state index in [2.05, 4.69) is 56.7 Å². The number of anilines is 2. The summed E-state index contributed by atoms with van der Waals surface area (Å²) in [6, 6.07) is 6.54. The summed E-state index contributed by atoms with van der Waals surface area (Å²) in [5.74, 6) is 1.03. The number of nitrogens with zero attached hydrogens (tertiary/aromatic N) is 6. The second kappa shape index (κ2) is 8.62. The second-order valence-electron chi connectivity index (χ2n) is 11.7. The van der Waals surface area contributed by atoms with Crippen LogP contribution in [0.25, 0.3) is 10.9 Å². The highest BCUT2D eigenvalue weighted by molar-refractivity contribution is 6.35. The SMILES string of the molecule is Cc1nc(F)ccc1C(Nc1cc(Cl)c2ncnc(NCC(C)(C)C)c2c1)c1cn(C23CC(C2)C3)nn1. The predicted octanol–water partition coefficient (Wildman–Crippen LogP) is 5.89. The number of hydrogen-bond acceptors (Lipinski definition) is 7. The summed E-state index contributed by atoms with van der Waals surface area (Å²) in [5, 5.41) is 17.4. The Morgan fingerprint density at radius 3 is 2.65 bits per heavy atom. The van der Waals surface area contributed by atoms with Crippen LogP contribution in [0.3, 0.4) is 0 Å². The van der Waals surface area contributed by atoms with Gasteiger partial charge in [0.25, 0.3) is 0 Å². The van der Waals surface area contributed by atoms with E-state index in [-0.39, 0.29) is 11.0 Å². The third kappa shape index (κ3) is 4.39. The molecule has 3 aliphatic rings. The Labute approximate surface area is 220 Å². The van der Waals surface area contributed by atoms with E-state index < -0.39 is 12.0 Å². The van der Waals surface area contributed by atoms with Gasteiger partial charge < -0.3 is 10.6 Å². The minimum Gasteiger partial charge on any atom is -0.373 e. The molecule has 0 amide bonds. The molecule has 3 aromatic heterocycles. The number of benzene rings is 1. The number of hydrogen-bond donors (Lipinski definition) is 2. The molecule has 37 heavy (non-hydrogen) atoms. The maximum Gasteiger partial charge on any atom is 0.213 e. The zero-order valence-electron chi connectivity index (χ0n) is 21.4. The summed E-state index contributed by atoms with van der Waals surface area (Å²) in [5.41, 5.74) is 3.77. The highest BCUT2D eigenvalue weighted by Crippen LogP contribution is 2.62. The average Bonchev–Trinajstić information content (AvgIpc) is 3.23. The Kier molecular flexibility index (Phi) is 5.60. The highest BCUT2D eigenvalue weighted by atomic mass is 35.5. The fraction of sp³-hybridized carbons (Fsp3) is 0.444. The number of halogens is 2. The van der Waals surface area contributed by atoms with Crippen LogP contribution < -0.4 is 10.6 Å². The van der Waals surface area contributed by atoms with Crippen LogP contribution in [0.5, 0.6) is 0 Å². The van der Waals surface area contributed by atoms with Gasteiger partial charge in [-0.25, -0.2) is 19.6 Å². The fourth-order valence-electron chi connectivity index (χ4n) is 5.38. The summed E-state index contributed by atoms with van der Waals surface area (Å²) < 4.78 is 15.9. The molecule has 0 radical (unpaired) electrons. The normalized spacial score (nSPS) is 21.3. The number of aromatic nitrogens is 6. The lowest BCUT2D eigenvalue weighted by molar-refractivity contribution is -0.0989. The van der Waals surface area contributed by atoms with Crippen molar-refractivity contribution in [2.24, 2.45) is 11.3 Å².